The lowest BCUT2D eigenvalue weighted by molar-refractivity contribution is -0.444. The van der Waals surface area contributed by atoms with Gasteiger partial charge in [-0.05, 0) is 6.07 Å². The lowest BCUT2D eigenvalue weighted by Crippen LogP contribution is -2.28. The molecule has 0 amide bonds. The molecule has 0 saturated carbocycles. The first kappa shape index (κ1) is 9.17. The van der Waals surface area contributed by atoms with Crippen LogP contribution in [-0.4, -0.2) is 5.97 Å². The largest absolute Gasteiger partial charge is 0.413 e. The Bertz CT molecular complexity index is 277. The Morgan fingerprint density at radius 2 is 2.27 bits per heavy atom. The Labute approximate surface area is 91.9 Å². The minimum Gasteiger partial charge on any atom is -0.387 e. The Balaban J connectivity index is 3.03. The summed E-state index contributed by atoms with van der Waals surface area (Å²) in [5.41, 5.74) is 0.530. The van der Waals surface area contributed by atoms with Gasteiger partial charge in [0.25, 0.3) is 5.69 Å². The lowest BCUT2D eigenvalue weighted by atomic mass is 10.4. The third-order valence-electron chi connectivity index (χ3n) is 1.09. The Morgan fingerprint density at radius 3 is 2.82 bits per heavy atom. The van der Waals surface area contributed by atoms with Crippen LogP contribution in [0.5, 0.6) is 0 Å². The van der Waals surface area contributed by atoms with E-state index in [2.05, 4.69) is 3.07 Å². The van der Waals surface area contributed by atoms with E-state index in [9.17, 15) is 4.79 Å². The highest BCUT2D eigenvalue weighted by molar-refractivity contribution is 14.1. The van der Waals surface area contributed by atoms with Gasteiger partial charge in [-0.25, -0.2) is 4.79 Å². The summed E-state index contributed by atoms with van der Waals surface area (Å²) in [5, 5.41) is 0. The van der Waals surface area contributed by atoms with Crippen LogP contribution in [0.4, 0.5) is 0 Å². The van der Waals surface area contributed by atoms with E-state index in [1.54, 1.807) is 44.1 Å². The minimum absolute atomic E-state index is 0.333. The first-order valence-corrected chi connectivity index (χ1v) is 4.60. The van der Waals surface area contributed by atoms with Gasteiger partial charge in [0, 0.05) is 12.1 Å². The van der Waals surface area contributed by atoms with Crippen LogP contribution in [-0.2, 0) is 3.07 Å². The van der Waals surface area contributed by atoms with E-state index < -0.39 is 0 Å². The molecular formula is C6H4I2NO2+. The lowest BCUT2D eigenvalue weighted by Gasteiger charge is -1.91. The number of aromatic nitrogens is 1. The van der Waals surface area contributed by atoms with E-state index in [-0.39, 0.29) is 5.97 Å². The van der Waals surface area contributed by atoms with E-state index in [0.29, 0.717) is 5.69 Å². The van der Waals surface area contributed by atoms with Gasteiger partial charge < -0.3 is 3.07 Å². The van der Waals surface area contributed by atoms with Crippen molar-refractivity contribution < 1.29 is 10.6 Å². The van der Waals surface area contributed by atoms with Gasteiger partial charge in [-0.3, -0.25) is 0 Å². The third-order valence-corrected chi connectivity index (χ3v) is 2.33. The molecule has 0 radical (unpaired) electrons. The predicted octanol–water partition coefficient (Wildman–Crippen LogP) is 1.68. The molecule has 0 aliphatic carbocycles. The second-order valence-electron chi connectivity index (χ2n) is 1.76. The highest BCUT2D eigenvalue weighted by atomic mass is 127. The Morgan fingerprint density at radius 1 is 1.55 bits per heavy atom. The van der Waals surface area contributed by atoms with Crippen LogP contribution < -0.4 is 2.78 Å². The van der Waals surface area contributed by atoms with Crippen LogP contribution in [0.25, 0.3) is 0 Å². The number of carbonyl (C=O) groups is 1. The fourth-order valence-corrected chi connectivity index (χ4v) is 1.39. The molecule has 58 valence electrons. The van der Waals surface area contributed by atoms with Crippen molar-refractivity contribution in [3.05, 3.63) is 30.1 Å². The van der Waals surface area contributed by atoms with Gasteiger partial charge in [-0.15, -0.1) is 2.78 Å². The van der Waals surface area contributed by atoms with Crippen LogP contribution >= 0.6 is 45.9 Å². The number of rotatable bonds is 1. The first-order valence-electron chi connectivity index (χ1n) is 2.75. The molecule has 0 aliphatic rings. The summed E-state index contributed by atoms with van der Waals surface area (Å²) in [4.78, 5) is 11.0. The van der Waals surface area contributed by atoms with Gasteiger partial charge in [0.1, 0.15) is 0 Å². The number of hydrogen-bond donors (Lipinski definition) is 0. The van der Waals surface area contributed by atoms with Crippen molar-refractivity contribution in [1.29, 1.82) is 0 Å². The molecule has 3 nitrogen and oxygen atoms in total. The normalized spacial score (nSPS) is 9.27. The van der Waals surface area contributed by atoms with Crippen LogP contribution in [0.2, 0.25) is 0 Å². The molecule has 0 unspecified atom stereocenters. The predicted molar refractivity (Wildman–Crippen MR) is 55.5 cm³/mol. The van der Waals surface area contributed by atoms with Crippen molar-refractivity contribution in [2.45, 2.75) is 0 Å². The fraction of sp³-hybridized carbons (Fsp3) is 0. The van der Waals surface area contributed by atoms with Gasteiger partial charge in [0.2, 0.25) is 0 Å². The van der Waals surface area contributed by atoms with Crippen molar-refractivity contribution >= 4 is 51.8 Å². The topological polar surface area (TPSA) is 30.2 Å². The van der Waals surface area contributed by atoms with Crippen LogP contribution in [0, 0.1) is 0 Å². The molecule has 0 aromatic carbocycles. The molecule has 1 aromatic heterocycles. The maximum atomic E-state index is 11.0. The summed E-state index contributed by atoms with van der Waals surface area (Å²) >= 11 is 3.58. The average Bonchev–Trinajstić information content (AvgIpc) is 2.04. The van der Waals surface area contributed by atoms with Gasteiger partial charge in [0.05, 0.1) is 0 Å². The highest BCUT2D eigenvalue weighted by Crippen LogP contribution is 1.99. The quantitative estimate of drug-likeness (QED) is 0.699. The summed E-state index contributed by atoms with van der Waals surface area (Å²) in [6.45, 7) is 0. The van der Waals surface area contributed by atoms with Gasteiger partial charge >= 0.3 is 28.8 Å². The van der Waals surface area contributed by atoms with Gasteiger partial charge in [0.15, 0.2) is 29.2 Å². The minimum atomic E-state index is -0.333. The number of hydrogen-bond acceptors (Lipinski definition) is 2. The van der Waals surface area contributed by atoms with E-state index in [0.717, 1.165) is 0 Å². The van der Waals surface area contributed by atoms with Gasteiger partial charge in [-0.2, -0.15) is 0 Å². The van der Waals surface area contributed by atoms with Crippen molar-refractivity contribution in [3.8, 4) is 0 Å². The van der Waals surface area contributed by atoms with E-state index >= 15 is 0 Å². The Hall–Kier alpha value is 0.0800. The molecule has 1 rings (SSSR count). The fourth-order valence-electron chi connectivity index (χ4n) is 0.618. The van der Waals surface area contributed by atoms with Crippen molar-refractivity contribution in [2.75, 3.05) is 0 Å². The standard InChI is InChI=1S/C6H4I2NO2/c7-9-4-2-1-3-5(9)6(10)11-8/h1-4H/q+1. The highest BCUT2D eigenvalue weighted by Gasteiger charge is 2.17. The smallest absolute Gasteiger partial charge is 0.387 e. The average molecular weight is 376 g/mol. The van der Waals surface area contributed by atoms with E-state index in [1.807, 2.05) is 28.9 Å². The molecule has 11 heavy (non-hydrogen) atoms. The van der Waals surface area contributed by atoms with Crippen LogP contribution in [0.3, 0.4) is 0 Å². The molecule has 0 N–H and O–H groups in total. The molecular weight excluding hydrogens is 372 g/mol. The number of halogens is 2. The van der Waals surface area contributed by atoms with Crippen LogP contribution in [0.1, 0.15) is 10.5 Å². The van der Waals surface area contributed by atoms with Gasteiger partial charge in [-0.1, -0.05) is 0 Å². The summed E-state index contributed by atoms with van der Waals surface area (Å²) < 4.78 is 6.20. The molecule has 0 aliphatic heterocycles. The second kappa shape index (κ2) is 4.19. The van der Waals surface area contributed by atoms with E-state index in [4.69, 9.17) is 0 Å². The molecule has 0 atom stereocenters. The third kappa shape index (κ3) is 2.26. The van der Waals surface area contributed by atoms with Crippen molar-refractivity contribution in [3.63, 3.8) is 0 Å². The molecule has 0 fully saturated rings. The molecule has 0 saturated heterocycles. The number of carbonyl (C=O) groups excluding carboxylic acids is 1. The van der Waals surface area contributed by atoms with Crippen molar-refractivity contribution in [1.82, 2.24) is 0 Å². The zero-order chi connectivity index (χ0) is 8.27. The molecule has 0 bridgehead atoms. The maximum Gasteiger partial charge on any atom is 0.413 e. The summed E-state index contributed by atoms with van der Waals surface area (Å²) in [7, 11) is 0. The Kier molecular flexibility index (Phi) is 3.49. The van der Waals surface area contributed by atoms with Crippen molar-refractivity contribution in [2.24, 2.45) is 0 Å². The zero-order valence-corrected chi connectivity index (χ0v) is 9.64. The molecule has 1 heterocycles. The monoisotopic (exact) mass is 376 g/mol. The first-order chi connectivity index (χ1) is 5.25. The van der Waals surface area contributed by atoms with E-state index in [1.165, 1.54) is 0 Å². The molecule has 0 spiro atoms. The van der Waals surface area contributed by atoms with Crippen LogP contribution in [0.15, 0.2) is 24.4 Å². The summed E-state index contributed by atoms with van der Waals surface area (Å²) in [6.07, 6.45) is 1.78. The number of pyridine rings is 1. The summed E-state index contributed by atoms with van der Waals surface area (Å²) in [5.74, 6) is -0.333. The second-order valence-corrected chi connectivity index (χ2v) is 3.24. The number of nitrogens with zero attached hydrogens (tertiary/aromatic N) is 1. The molecule has 5 heteroatoms. The molecule has 1 aromatic rings. The SMILES string of the molecule is O=C(OI)c1cccc[n+]1I. The summed E-state index contributed by atoms with van der Waals surface area (Å²) in [6, 6.07) is 5.34. The maximum absolute atomic E-state index is 11.0. The zero-order valence-electron chi connectivity index (χ0n) is 5.33.